The third-order valence-corrected chi connectivity index (χ3v) is 7.04. The Balaban J connectivity index is 1.93. The molecule has 16 heteroatoms. The van der Waals surface area contributed by atoms with Crippen molar-refractivity contribution in [3.63, 3.8) is 0 Å². The number of hydrogen-bond acceptors (Lipinski definition) is 12. The van der Waals surface area contributed by atoms with Crippen LogP contribution < -0.4 is 14.5 Å². The summed E-state index contributed by atoms with van der Waals surface area (Å²) in [5.41, 5.74) is -1.99. The second-order valence-electron chi connectivity index (χ2n) is 11.8. The number of rotatable bonds is 4. The number of ether oxygens (including phenoxy) is 3. The standard InChI is InChI=1S/C27H32ClFN6O7S/c1-14(15-10-9-11-30-20(15)35(24(36)41-26(2,3)4)25(37)42-27(5,6)7)34-12-13-40-22-16-18(17(29)19(28)32-22)31-23(33-21(16)34)43(8,38)39/h9-11,14H,12-13H2,1-8H3/t14-/m1/s1. The van der Waals surface area contributed by atoms with Crippen LogP contribution >= 0.6 is 11.6 Å². The first-order valence-electron chi connectivity index (χ1n) is 13.2. The fourth-order valence-electron chi connectivity index (χ4n) is 4.23. The van der Waals surface area contributed by atoms with Crippen molar-refractivity contribution >= 4 is 56.2 Å². The number of aromatic nitrogens is 4. The molecule has 0 aliphatic carbocycles. The molecular weight excluding hydrogens is 607 g/mol. The van der Waals surface area contributed by atoms with Gasteiger partial charge in [0, 0.05) is 18.0 Å². The van der Waals surface area contributed by atoms with Crippen LogP contribution in [-0.4, -0.2) is 71.1 Å². The number of halogens is 2. The van der Waals surface area contributed by atoms with Crippen molar-refractivity contribution in [1.82, 2.24) is 19.9 Å². The zero-order valence-electron chi connectivity index (χ0n) is 24.9. The molecule has 0 N–H and O–H groups in total. The van der Waals surface area contributed by atoms with Crippen LogP contribution in [0.15, 0.2) is 23.5 Å². The van der Waals surface area contributed by atoms with Crippen molar-refractivity contribution in [2.75, 3.05) is 29.2 Å². The Kier molecular flexibility index (Phi) is 8.46. The Morgan fingerprint density at radius 1 is 1.09 bits per heavy atom. The van der Waals surface area contributed by atoms with Gasteiger partial charge in [0.15, 0.2) is 16.8 Å². The molecule has 2 amide bonds. The Bertz CT molecular complexity index is 1680. The topological polar surface area (TPSA) is 154 Å². The van der Waals surface area contributed by atoms with E-state index in [1.54, 1.807) is 65.5 Å². The van der Waals surface area contributed by atoms with Crippen LogP contribution in [-0.2, 0) is 19.3 Å². The number of carbonyl (C=O) groups is 2. The summed E-state index contributed by atoms with van der Waals surface area (Å²) >= 11 is 5.98. The molecular formula is C27H32ClFN6O7S. The first kappa shape index (κ1) is 32.1. The summed E-state index contributed by atoms with van der Waals surface area (Å²) in [5, 5.41) is -1.19. The largest absolute Gasteiger partial charge is 0.475 e. The summed E-state index contributed by atoms with van der Waals surface area (Å²) < 4.78 is 57.1. The van der Waals surface area contributed by atoms with Crippen LogP contribution in [0.5, 0.6) is 5.88 Å². The average molecular weight is 639 g/mol. The van der Waals surface area contributed by atoms with Gasteiger partial charge in [-0.25, -0.2) is 37.3 Å². The van der Waals surface area contributed by atoms with Gasteiger partial charge in [0.1, 0.15) is 34.5 Å². The lowest BCUT2D eigenvalue weighted by Gasteiger charge is -2.33. The first-order valence-corrected chi connectivity index (χ1v) is 15.4. The Hall–Kier alpha value is -3.85. The van der Waals surface area contributed by atoms with Gasteiger partial charge >= 0.3 is 12.2 Å². The van der Waals surface area contributed by atoms with Crippen molar-refractivity contribution in [2.24, 2.45) is 0 Å². The van der Waals surface area contributed by atoms with E-state index in [9.17, 15) is 18.0 Å². The van der Waals surface area contributed by atoms with Gasteiger partial charge < -0.3 is 19.1 Å². The maximum absolute atomic E-state index is 15.2. The van der Waals surface area contributed by atoms with E-state index in [0.717, 1.165) is 6.26 Å². The second-order valence-corrected chi connectivity index (χ2v) is 14.0. The molecule has 13 nitrogen and oxygen atoms in total. The number of amides is 2. The summed E-state index contributed by atoms with van der Waals surface area (Å²) in [4.78, 5) is 45.7. The van der Waals surface area contributed by atoms with Gasteiger partial charge in [-0.15, -0.1) is 0 Å². The Morgan fingerprint density at radius 3 is 2.26 bits per heavy atom. The van der Waals surface area contributed by atoms with Crippen molar-refractivity contribution in [3.05, 3.63) is 34.9 Å². The molecule has 0 unspecified atom stereocenters. The first-order chi connectivity index (χ1) is 19.8. The number of carbonyl (C=O) groups excluding carboxylic acids is 2. The van der Waals surface area contributed by atoms with Crippen molar-refractivity contribution in [1.29, 1.82) is 0 Å². The maximum atomic E-state index is 15.2. The molecule has 43 heavy (non-hydrogen) atoms. The van der Waals surface area contributed by atoms with Gasteiger partial charge in [-0.2, -0.15) is 9.88 Å². The minimum absolute atomic E-state index is 0.000214. The zero-order valence-corrected chi connectivity index (χ0v) is 26.5. The van der Waals surface area contributed by atoms with Crippen LogP contribution in [0.4, 0.5) is 25.6 Å². The maximum Gasteiger partial charge on any atom is 0.425 e. The third kappa shape index (κ3) is 6.88. The molecule has 232 valence electrons. The third-order valence-electron chi connectivity index (χ3n) is 5.95. The highest BCUT2D eigenvalue weighted by molar-refractivity contribution is 7.90. The van der Waals surface area contributed by atoms with Gasteiger partial charge in [0.2, 0.25) is 20.9 Å². The molecule has 0 saturated heterocycles. The minimum atomic E-state index is -4.01. The van der Waals surface area contributed by atoms with Gasteiger partial charge in [0.05, 0.1) is 12.6 Å². The fourth-order valence-corrected chi connectivity index (χ4v) is 4.91. The highest BCUT2D eigenvalue weighted by atomic mass is 35.5. The fraction of sp³-hybridized carbons (Fsp3) is 0.481. The highest BCUT2D eigenvalue weighted by Gasteiger charge is 2.38. The second kappa shape index (κ2) is 11.3. The molecule has 0 aromatic carbocycles. The van der Waals surface area contributed by atoms with E-state index < -0.39 is 60.9 Å². The lowest BCUT2D eigenvalue weighted by atomic mass is 10.1. The summed E-state index contributed by atoms with van der Waals surface area (Å²) in [6.07, 6.45) is 0.230. The van der Waals surface area contributed by atoms with Gasteiger partial charge in [0.25, 0.3) is 0 Å². The lowest BCUT2D eigenvalue weighted by molar-refractivity contribution is 0.0428. The van der Waals surface area contributed by atoms with Gasteiger partial charge in [-0.05, 0) is 54.5 Å². The molecule has 1 aliphatic rings. The number of hydrogen-bond donors (Lipinski definition) is 0. The van der Waals surface area contributed by atoms with Crippen LogP contribution in [0.3, 0.4) is 0 Å². The van der Waals surface area contributed by atoms with E-state index in [4.69, 9.17) is 25.8 Å². The molecule has 4 rings (SSSR count). The quantitative estimate of drug-likeness (QED) is 0.271. The molecule has 3 aromatic heterocycles. The molecule has 0 fully saturated rings. The molecule has 1 atom stereocenters. The van der Waals surface area contributed by atoms with Crippen LogP contribution in [0.1, 0.15) is 60.1 Å². The SMILES string of the molecule is C[C@H](c1cccnc1N(C(=O)OC(C)(C)C)C(=O)OC(C)(C)C)N1CCOc2nc(Cl)c(F)c3nc(S(C)(=O)=O)nc1c23. The Labute approximate surface area is 253 Å². The van der Waals surface area contributed by atoms with Crippen LogP contribution in [0, 0.1) is 5.82 Å². The summed E-state index contributed by atoms with van der Waals surface area (Å²) in [6, 6.07) is 2.45. The van der Waals surface area contributed by atoms with Gasteiger partial charge in [-0.1, -0.05) is 17.7 Å². The normalized spacial score (nSPS) is 14.5. The monoisotopic (exact) mass is 638 g/mol. The van der Waals surface area contributed by atoms with Crippen molar-refractivity contribution in [3.8, 4) is 5.88 Å². The number of nitrogens with zero attached hydrogens (tertiary/aromatic N) is 6. The predicted molar refractivity (Wildman–Crippen MR) is 156 cm³/mol. The predicted octanol–water partition coefficient (Wildman–Crippen LogP) is 5.25. The van der Waals surface area contributed by atoms with E-state index in [1.807, 2.05) is 0 Å². The number of anilines is 2. The summed E-state index contributed by atoms with van der Waals surface area (Å²) in [5.74, 6) is -1.24. The van der Waals surface area contributed by atoms with Gasteiger partial charge in [-0.3, -0.25) is 0 Å². The molecule has 4 heterocycles. The molecule has 0 radical (unpaired) electrons. The van der Waals surface area contributed by atoms with Crippen LogP contribution in [0.2, 0.25) is 5.15 Å². The van der Waals surface area contributed by atoms with E-state index in [1.165, 1.54) is 6.20 Å². The van der Waals surface area contributed by atoms with E-state index >= 15 is 4.39 Å². The lowest BCUT2D eigenvalue weighted by Crippen LogP contribution is -2.45. The number of pyridine rings is 2. The van der Waals surface area contributed by atoms with E-state index in [0.29, 0.717) is 10.5 Å². The summed E-state index contributed by atoms with van der Waals surface area (Å²) in [6.45, 7) is 11.7. The number of imide groups is 1. The highest BCUT2D eigenvalue weighted by Crippen LogP contribution is 2.41. The summed E-state index contributed by atoms with van der Waals surface area (Å²) in [7, 11) is -4.01. The molecule has 0 saturated carbocycles. The average Bonchev–Trinajstić information content (AvgIpc) is 3.04. The van der Waals surface area contributed by atoms with Crippen molar-refractivity contribution < 1.29 is 36.6 Å². The van der Waals surface area contributed by atoms with Crippen LogP contribution in [0.25, 0.3) is 10.9 Å². The Morgan fingerprint density at radius 2 is 1.70 bits per heavy atom. The molecule has 0 bridgehead atoms. The molecule has 0 spiro atoms. The minimum Gasteiger partial charge on any atom is -0.475 e. The molecule has 1 aliphatic heterocycles. The zero-order chi connectivity index (χ0) is 32.1. The van der Waals surface area contributed by atoms with Crippen molar-refractivity contribution in [2.45, 2.75) is 70.9 Å². The number of sulfone groups is 1. The van der Waals surface area contributed by atoms with E-state index in [2.05, 4.69) is 19.9 Å². The molecule has 3 aromatic rings. The van der Waals surface area contributed by atoms with E-state index in [-0.39, 0.29) is 36.1 Å². The smallest absolute Gasteiger partial charge is 0.425 e.